The Morgan fingerprint density at radius 1 is 1.44 bits per heavy atom. The van der Waals surface area contributed by atoms with Gasteiger partial charge >= 0.3 is 0 Å². The van der Waals surface area contributed by atoms with E-state index in [0.717, 1.165) is 43.3 Å². The largest absolute Gasteiger partial charge is 0.356 e. The molecular weight excluding hydrogens is 451 g/mol. The van der Waals surface area contributed by atoms with Crippen molar-refractivity contribution in [1.29, 1.82) is 0 Å². The van der Waals surface area contributed by atoms with Crippen LogP contribution in [0.1, 0.15) is 31.2 Å². The molecule has 1 unspecified atom stereocenters. The number of rotatable bonds is 4. The summed E-state index contributed by atoms with van der Waals surface area (Å²) in [5, 5.41) is 7.68. The summed E-state index contributed by atoms with van der Waals surface area (Å²) in [6.07, 6.45) is 3.77. The van der Waals surface area contributed by atoms with E-state index in [-0.39, 0.29) is 41.3 Å². The highest BCUT2D eigenvalue weighted by Crippen LogP contribution is 2.48. The number of aliphatic imine (C=N–C) groups is 1. The van der Waals surface area contributed by atoms with Crippen LogP contribution < -0.4 is 10.6 Å². The number of piperidine rings is 1. The summed E-state index contributed by atoms with van der Waals surface area (Å²) in [5.74, 6) is 1.02. The highest BCUT2D eigenvalue weighted by molar-refractivity contribution is 14.0. The number of carbonyl (C=O) groups is 1. The van der Waals surface area contributed by atoms with Gasteiger partial charge < -0.3 is 15.5 Å². The number of nitrogens with one attached hydrogen (secondary N) is 2. The summed E-state index contributed by atoms with van der Waals surface area (Å²) >= 11 is 6.13. The van der Waals surface area contributed by atoms with Gasteiger partial charge in [0, 0.05) is 50.1 Å². The van der Waals surface area contributed by atoms with Crippen LogP contribution in [0.5, 0.6) is 0 Å². The van der Waals surface area contributed by atoms with Crippen molar-refractivity contribution in [3.05, 3.63) is 34.9 Å². The van der Waals surface area contributed by atoms with Gasteiger partial charge in [-0.05, 0) is 37.0 Å². The maximum atomic E-state index is 11.6. The first-order valence-corrected chi connectivity index (χ1v) is 8.87. The first-order chi connectivity index (χ1) is 11.5. The Labute approximate surface area is 171 Å². The minimum atomic E-state index is 0. The number of nitrogens with zero attached hydrogens (tertiary/aromatic N) is 2. The van der Waals surface area contributed by atoms with Crippen molar-refractivity contribution in [2.24, 2.45) is 4.99 Å². The molecule has 1 aromatic rings. The van der Waals surface area contributed by atoms with E-state index in [2.05, 4.69) is 27.8 Å². The Morgan fingerprint density at radius 3 is 2.80 bits per heavy atom. The van der Waals surface area contributed by atoms with Gasteiger partial charge in [0.05, 0.1) is 0 Å². The second kappa shape index (κ2) is 8.58. The van der Waals surface area contributed by atoms with Crippen molar-refractivity contribution < 1.29 is 4.79 Å². The van der Waals surface area contributed by atoms with Crippen molar-refractivity contribution in [3.63, 3.8) is 0 Å². The highest BCUT2D eigenvalue weighted by atomic mass is 127. The van der Waals surface area contributed by atoms with Gasteiger partial charge in [0.15, 0.2) is 5.96 Å². The fourth-order valence-electron chi connectivity index (χ4n) is 3.31. The normalized spacial score (nSPS) is 22.2. The van der Waals surface area contributed by atoms with E-state index < -0.39 is 0 Å². The summed E-state index contributed by atoms with van der Waals surface area (Å²) < 4.78 is 0. The lowest BCUT2D eigenvalue weighted by Gasteiger charge is -2.31. The Hall–Kier alpha value is -1.02. The average molecular weight is 477 g/mol. The average Bonchev–Trinajstić information content (AvgIpc) is 3.36. The van der Waals surface area contributed by atoms with Crippen LogP contribution in [-0.2, 0) is 10.2 Å². The molecular formula is C18H26ClIN4O. The minimum Gasteiger partial charge on any atom is -0.356 e. The lowest BCUT2D eigenvalue weighted by molar-refractivity contribution is -0.132. The van der Waals surface area contributed by atoms with Crippen LogP contribution >= 0.6 is 35.6 Å². The van der Waals surface area contributed by atoms with E-state index in [0.29, 0.717) is 6.42 Å². The van der Waals surface area contributed by atoms with Gasteiger partial charge in [-0.25, -0.2) is 0 Å². The highest BCUT2D eigenvalue weighted by Gasteiger charge is 2.44. The summed E-state index contributed by atoms with van der Waals surface area (Å²) in [5.41, 5.74) is 1.46. The van der Waals surface area contributed by atoms with Crippen molar-refractivity contribution in [2.45, 2.75) is 37.1 Å². The molecule has 1 saturated carbocycles. The smallest absolute Gasteiger partial charge is 0.222 e. The van der Waals surface area contributed by atoms with Crippen LogP contribution in [0.2, 0.25) is 5.02 Å². The third-order valence-corrected chi connectivity index (χ3v) is 5.31. The maximum Gasteiger partial charge on any atom is 0.222 e. The molecule has 1 amide bonds. The Balaban J connectivity index is 0.00000225. The molecule has 0 aromatic heterocycles. The molecule has 0 bridgehead atoms. The van der Waals surface area contributed by atoms with Crippen LogP contribution in [-0.4, -0.2) is 50.0 Å². The molecule has 2 N–H and O–H groups in total. The molecule has 7 heteroatoms. The number of guanidine groups is 1. The van der Waals surface area contributed by atoms with E-state index in [1.807, 2.05) is 19.2 Å². The standard InChI is InChI=1S/C18H25ClN4O.HI/c1-20-17(22-15-6-7-16(24)23(2)11-15)21-12-18(8-9-18)13-4-3-5-14(19)10-13;/h3-5,10,15H,6-9,11-12H2,1-2H3,(H2,20,21,22);1H. The first kappa shape index (κ1) is 20.3. The lowest BCUT2D eigenvalue weighted by atomic mass is 9.96. The molecule has 2 aliphatic rings. The molecule has 0 spiro atoms. The molecule has 1 heterocycles. The summed E-state index contributed by atoms with van der Waals surface area (Å²) in [7, 11) is 3.64. The van der Waals surface area contributed by atoms with Crippen LogP contribution in [0.15, 0.2) is 29.3 Å². The topological polar surface area (TPSA) is 56.7 Å². The molecule has 25 heavy (non-hydrogen) atoms. The van der Waals surface area contributed by atoms with Gasteiger partial charge in [0.25, 0.3) is 0 Å². The second-order valence-electron chi connectivity index (χ2n) is 6.87. The van der Waals surface area contributed by atoms with Crippen molar-refractivity contribution >= 4 is 47.4 Å². The third-order valence-electron chi connectivity index (χ3n) is 5.08. The van der Waals surface area contributed by atoms with Crippen molar-refractivity contribution in [3.8, 4) is 0 Å². The van der Waals surface area contributed by atoms with Crippen LogP contribution in [0.25, 0.3) is 0 Å². The zero-order valence-electron chi connectivity index (χ0n) is 14.7. The van der Waals surface area contributed by atoms with E-state index in [9.17, 15) is 4.79 Å². The van der Waals surface area contributed by atoms with E-state index in [1.54, 1.807) is 11.9 Å². The summed E-state index contributed by atoms with van der Waals surface area (Å²) in [6.45, 7) is 1.56. The van der Waals surface area contributed by atoms with Gasteiger partial charge in [0.1, 0.15) is 0 Å². The molecule has 1 aliphatic carbocycles. The number of hydrogen-bond donors (Lipinski definition) is 2. The van der Waals surface area contributed by atoms with Gasteiger partial charge in [-0.15, -0.1) is 24.0 Å². The fraction of sp³-hybridized carbons (Fsp3) is 0.556. The number of hydrogen-bond acceptors (Lipinski definition) is 2. The predicted molar refractivity (Wildman–Crippen MR) is 113 cm³/mol. The number of carbonyl (C=O) groups excluding carboxylic acids is 1. The molecule has 1 saturated heterocycles. The quantitative estimate of drug-likeness (QED) is 0.399. The Bertz CT molecular complexity index is 648. The van der Waals surface area contributed by atoms with Crippen LogP contribution in [0.3, 0.4) is 0 Å². The number of halogens is 2. The van der Waals surface area contributed by atoms with E-state index in [1.165, 1.54) is 5.56 Å². The van der Waals surface area contributed by atoms with E-state index >= 15 is 0 Å². The molecule has 2 fully saturated rings. The number of amides is 1. The molecule has 138 valence electrons. The van der Waals surface area contributed by atoms with Gasteiger partial charge in [-0.3, -0.25) is 9.79 Å². The summed E-state index contributed by atoms with van der Waals surface area (Å²) in [6, 6.07) is 8.39. The van der Waals surface area contributed by atoms with Crippen molar-refractivity contribution in [2.75, 3.05) is 27.2 Å². The molecule has 3 rings (SSSR count). The first-order valence-electron chi connectivity index (χ1n) is 8.50. The van der Waals surface area contributed by atoms with Crippen LogP contribution in [0.4, 0.5) is 0 Å². The van der Waals surface area contributed by atoms with E-state index in [4.69, 9.17) is 11.6 Å². The molecule has 1 atom stereocenters. The molecule has 1 aromatic carbocycles. The monoisotopic (exact) mass is 476 g/mol. The zero-order valence-corrected chi connectivity index (χ0v) is 17.8. The number of likely N-dealkylation sites (tertiary alicyclic amines) is 1. The maximum absolute atomic E-state index is 11.6. The Kier molecular flexibility index (Phi) is 6.96. The predicted octanol–water partition coefficient (Wildman–Crippen LogP) is 2.78. The van der Waals surface area contributed by atoms with Gasteiger partial charge in [0.2, 0.25) is 5.91 Å². The SMILES string of the molecule is CN=C(NCC1(c2cccc(Cl)c2)CC1)NC1CCC(=O)N(C)C1.I. The summed E-state index contributed by atoms with van der Waals surface area (Å²) in [4.78, 5) is 17.7. The fourth-order valence-corrected chi connectivity index (χ4v) is 3.50. The zero-order chi connectivity index (χ0) is 17.2. The molecule has 0 radical (unpaired) electrons. The Morgan fingerprint density at radius 2 is 2.20 bits per heavy atom. The van der Waals surface area contributed by atoms with Crippen molar-refractivity contribution in [1.82, 2.24) is 15.5 Å². The second-order valence-corrected chi connectivity index (χ2v) is 7.31. The number of benzene rings is 1. The minimum absolute atomic E-state index is 0. The van der Waals surface area contributed by atoms with Gasteiger partial charge in [-0.2, -0.15) is 0 Å². The molecule has 5 nitrogen and oxygen atoms in total. The number of likely N-dealkylation sites (N-methyl/N-ethyl adjacent to an activating group) is 1. The lowest BCUT2D eigenvalue weighted by Crippen LogP contribution is -2.52. The molecule has 1 aliphatic heterocycles. The van der Waals surface area contributed by atoms with Gasteiger partial charge in [-0.1, -0.05) is 23.7 Å². The van der Waals surface area contributed by atoms with Crippen LogP contribution in [0, 0.1) is 0 Å². The third kappa shape index (κ3) is 5.00.